The SMILES string of the molecule is Cl.Cl.Cl.ClCCN1CCCCCC1.ClCc1ccc(OCCN2CCCCCC2)cc1.O=Cc1ccc(O)cc1.O=Cc1ccc(OCCN2CCCCCC2)cc1.OCc1ccc(OCCN2CCCCCC2)cc1.OCc1ccc(OCCN2CCCCCC2)cc1. The molecule has 19 heteroatoms. The molecule has 5 aromatic carbocycles. The fraction of sp³-hybridized carbons (Fsp3) is 0.573. The Labute approximate surface area is 593 Å². The molecule has 5 fully saturated rings. The number of hydrogen-bond donors (Lipinski definition) is 3. The largest absolute Gasteiger partial charge is 0.508 e. The lowest BCUT2D eigenvalue weighted by Gasteiger charge is -2.19. The second-order valence-electron chi connectivity index (χ2n) is 24.1. The average Bonchev–Trinajstić information content (AvgIpc) is 3.92. The van der Waals surface area contributed by atoms with Crippen LogP contribution >= 0.6 is 60.4 Å². The van der Waals surface area contributed by atoms with Gasteiger partial charge < -0.3 is 39.2 Å². The lowest BCUT2D eigenvalue weighted by atomic mass is 10.2. The van der Waals surface area contributed by atoms with E-state index >= 15 is 0 Å². The van der Waals surface area contributed by atoms with E-state index in [1.807, 2.05) is 84.9 Å². The van der Waals surface area contributed by atoms with Gasteiger partial charge in [-0.1, -0.05) is 101 Å². The molecule has 5 aromatic rings. The number of phenolic OH excluding ortho intramolecular Hbond substituents is 1. The third-order valence-corrected chi connectivity index (χ3v) is 17.4. The molecule has 10 rings (SSSR count). The summed E-state index contributed by atoms with van der Waals surface area (Å²) in [6, 6.07) is 36.7. The highest BCUT2D eigenvalue weighted by atomic mass is 35.5. The maximum absolute atomic E-state index is 10.5. The minimum absolute atomic E-state index is 0. The van der Waals surface area contributed by atoms with E-state index in [1.165, 1.54) is 206 Å². The molecule has 0 unspecified atom stereocenters. The normalized spacial score (nSPS) is 16.5. The topological polar surface area (TPSA) is 148 Å². The van der Waals surface area contributed by atoms with Crippen molar-refractivity contribution in [3.05, 3.63) is 149 Å². The number of ether oxygens (including phenoxy) is 4. The molecule has 0 atom stereocenters. The molecule has 5 aliphatic rings. The standard InChI is InChI=1S/C15H22ClNO.2C15H23NO2.C15H21NO2.C8H16ClN.C7H6O2.3ClH/c16-13-14-5-7-15(8-6-14)18-12-11-17-9-3-1-2-4-10-17;3*17-13-14-5-7-15(8-6-14)18-12-11-16-9-3-1-2-4-10-16;9-5-8-10-6-3-1-2-4-7-10;8-5-6-1-3-7(9)4-2-6;;;/h5-8H,1-4,9-13H2;2*5-8,17H,1-4,9-13H2;5-8,13H,1-4,9-12H2;1-8H2;1-5,9H;3*1H. The number of phenols is 1. The number of carbonyl (C=O) groups excluding carboxylic acids is 2. The summed E-state index contributed by atoms with van der Waals surface area (Å²) in [5.41, 5.74) is 4.25. The molecule has 5 aliphatic heterocycles. The molecule has 0 spiro atoms. The maximum atomic E-state index is 10.5. The van der Waals surface area contributed by atoms with E-state index in [-0.39, 0.29) is 56.2 Å². The first-order valence-corrected chi connectivity index (χ1v) is 35.4. The molecule has 0 radical (unpaired) electrons. The number of carbonyl (C=O) groups is 2. The Morgan fingerprint density at radius 1 is 0.319 bits per heavy atom. The quantitative estimate of drug-likeness (QED) is 0.0421. The Morgan fingerprint density at radius 2 is 0.543 bits per heavy atom. The van der Waals surface area contributed by atoms with Gasteiger partial charge in [-0.15, -0.1) is 60.4 Å². The van der Waals surface area contributed by atoms with Gasteiger partial charge in [-0.05, 0) is 231 Å². The Bertz CT molecular complexity index is 2360. The lowest BCUT2D eigenvalue weighted by molar-refractivity contribution is 0.111. The number of aromatic hydroxyl groups is 1. The molecular weight excluding hydrogens is 1290 g/mol. The molecule has 5 heterocycles. The van der Waals surface area contributed by atoms with Gasteiger partial charge in [-0.2, -0.15) is 0 Å². The van der Waals surface area contributed by atoms with Crippen molar-refractivity contribution in [2.75, 3.05) is 130 Å². The summed E-state index contributed by atoms with van der Waals surface area (Å²) in [5, 5.41) is 26.6. The first-order valence-electron chi connectivity index (χ1n) is 34.3. The van der Waals surface area contributed by atoms with Crippen LogP contribution in [0.15, 0.2) is 121 Å². The minimum atomic E-state index is 0. The molecule has 0 aromatic heterocycles. The van der Waals surface area contributed by atoms with Crippen LogP contribution in [0.4, 0.5) is 0 Å². The third kappa shape index (κ3) is 40.4. The third-order valence-electron chi connectivity index (χ3n) is 16.9. The predicted molar refractivity (Wildman–Crippen MR) is 395 cm³/mol. The van der Waals surface area contributed by atoms with Gasteiger partial charge in [0.2, 0.25) is 0 Å². The summed E-state index contributed by atoms with van der Waals surface area (Å²) in [6.45, 7) is 20.6. The molecule has 14 nitrogen and oxygen atoms in total. The van der Waals surface area contributed by atoms with Gasteiger partial charge in [-0.25, -0.2) is 0 Å². The van der Waals surface area contributed by atoms with Crippen molar-refractivity contribution in [1.29, 1.82) is 0 Å². The zero-order valence-electron chi connectivity index (χ0n) is 56.1. The second-order valence-corrected chi connectivity index (χ2v) is 24.8. The van der Waals surface area contributed by atoms with Crippen molar-refractivity contribution in [3.63, 3.8) is 0 Å². The Hall–Kier alpha value is -4.39. The van der Waals surface area contributed by atoms with Crippen LogP contribution in [0.5, 0.6) is 28.7 Å². The van der Waals surface area contributed by atoms with E-state index < -0.39 is 0 Å². The number of rotatable bonds is 23. The molecule has 94 heavy (non-hydrogen) atoms. The molecular formula is C75H114Cl5N5O9. The lowest BCUT2D eigenvalue weighted by Crippen LogP contribution is -2.29. The molecule has 528 valence electrons. The smallest absolute Gasteiger partial charge is 0.150 e. The number of alkyl halides is 2. The van der Waals surface area contributed by atoms with Crippen LogP contribution in [0, 0.1) is 0 Å². The minimum Gasteiger partial charge on any atom is -0.508 e. The van der Waals surface area contributed by atoms with Gasteiger partial charge in [0.15, 0.2) is 0 Å². The van der Waals surface area contributed by atoms with Gasteiger partial charge in [0.1, 0.15) is 67.7 Å². The summed E-state index contributed by atoms with van der Waals surface area (Å²) < 4.78 is 22.9. The molecule has 0 amide bonds. The molecule has 5 saturated heterocycles. The Balaban J connectivity index is 0.000000388. The van der Waals surface area contributed by atoms with Gasteiger partial charge >= 0.3 is 0 Å². The summed E-state index contributed by atoms with van der Waals surface area (Å²) in [7, 11) is 0. The van der Waals surface area contributed by atoms with Gasteiger partial charge in [-0.3, -0.25) is 29.2 Å². The van der Waals surface area contributed by atoms with Crippen molar-refractivity contribution in [3.8, 4) is 28.7 Å². The summed E-state index contributed by atoms with van der Waals surface area (Å²) in [4.78, 5) is 33.0. The van der Waals surface area contributed by atoms with Crippen LogP contribution < -0.4 is 18.9 Å². The molecule has 0 aliphatic carbocycles. The monoisotopic (exact) mass is 1400 g/mol. The van der Waals surface area contributed by atoms with Crippen LogP contribution in [0.1, 0.15) is 166 Å². The highest BCUT2D eigenvalue weighted by Gasteiger charge is 2.13. The highest BCUT2D eigenvalue weighted by Crippen LogP contribution is 2.19. The van der Waals surface area contributed by atoms with E-state index in [2.05, 4.69) is 24.5 Å². The number of halogens is 5. The van der Waals surface area contributed by atoms with E-state index in [9.17, 15) is 9.59 Å². The number of aliphatic hydroxyl groups excluding tert-OH is 2. The predicted octanol–water partition coefficient (Wildman–Crippen LogP) is 15.9. The maximum Gasteiger partial charge on any atom is 0.150 e. The number of aldehydes is 2. The number of likely N-dealkylation sites (tertiary alicyclic amines) is 5. The van der Waals surface area contributed by atoms with E-state index in [0.29, 0.717) is 17.0 Å². The fourth-order valence-corrected chi connectivity index (χ4v) is 11.8. The number of hydrogen-bond acceptors (Lipinski definition) is 14. The van der Waals surface area contributed by atoms with Gasteiger partial charge in [0.25, 0.3) is 0 Å². The van der Waals surface area contributed by atoms with Crippen LogP contribution in [0.2, 0.25) is 0 Å². The first-order chi connectivity index (χ1) is 44.8. The number of aliphatic hydroxyl groups is 2. The van der Waals surface area contributed by atoms with Crippen LogP contribution in [-0.2, 0) is 19.1 Å². The molecule has 3 N–H and O–H groups in total. The summed E-state index contributed by atoms with van der Waals surface area (Å²) in [5.74, 6) is 5.10. The fourth-order valence-electron chi connectivity index (χ4n) is 11.3. The van der Waals surface area contributed by atoms with Crippen molar-refractivity contribution in [1.82, 2.24) is 24.5 Å². The zero-order valence-corrected chi connectivity index (χ0v) is 60.1. The van der Waals surface area contributed by atoms with Crippen molar-refractivity contribution < 1.29 is 43.9 Å². The summed E-state index contributed by atoms with van der Waals surface area (Å²) in [6.07, 6.45) is 28.8. The van der Waals surface area contributed by atoms with E-state index in [4.69, 9.17) is 57.5 Å². The summed E-state index contributed by atoms with van der Waals surface area (Å²) >= 11 is 11.4. The van der Waals surface area contributed by atoms with E-state index in [1.54, 1.807) is 24.3 Å². The van der Waals surface area contributed by atoms with E-state index in [0.717, 1.165) is 117 Å². The zero-order chi connectivity index (χ0) is 64.5. The Kier molecular flexibility index (Phi) is 51.6. The van der Waals surface area contributed by atoms with Crippen molar-refractivity contribution in [2.24, 2.45) is 0 Å². The van der Waals surface area contributed by atoms with Crippen LogP contribution in [0.3, 0.4) is 0 Å². The number of benzene rings is 5. The molecule has 0 saturated carbocycles. The van der Waals surface area contributed by atoms with Crippen LogP contribution in [0.25, 0.3) is 0 Å². The van der Waals surface area contributed by atoms with Crippen LogP contribution in [-0.4, -0.2) is 183 Å². The molecule has 0 bridgehead atoms. The Morgan fingerprint density at radius 3 is 0.766 bits per heavy atom. The second kappa shape index (κ2) is 56.6. The first kappa shape index (κ1) is 85.7. The van der Waals surface area contributed by atoms with Crippen molar-refractivity contribution >= 4 is 73.0 Å². The highest BCUT2D eigenvalue weighted by molar-refractivity contribution is 6.18. The number of nitrogens with zero attached hydrogens (tertiary/aromatic N) is 5. The van der Waals surface area contributed by atoms with Gasteiger partial charge in [0.05, 0.1) is 13.2 Å². The van der Waals surface area contributed by atoms with Crippen molar-refractivity contribution in [2.45, 2.75) is 148 Å². The van der Waals surface area contributed by atoms with Gasteiger partial charge in [0, 0.05) is 55.6 Å². The average molecular weight is 1410 g/mol.